The molecular formula is C24H13ClN2S. The van der Waals surface area contributed by atoms with E-state index in [0.717, 1.165) is 27.5 Å². The Balaban J connectivity index is 1.80. The molecule has 0 aliphatic carbocycles. The lowest BCUT2D eigenvalue weighted by Gasteiger charge is -2.07. The Morgan fingerprint density at radius 1 is 0.679 bits per heavy atom. The minimum absolute atomic E-state index is 0.277. The van der Waals surface area contributed by atoms with Crippen LogP contribution in [0.3, 0.4) is 0 Å². The Labute approximate surface area is 170 Å². The van der Waals surface area contributed by atoms with Gasteiger partial charge >= 0.3 is 0 Å². The molecule has 0 bridgehead atoms. The second-order valence-electron chi connectivity index (χ2n) is 6.81. The molecule has 2 aromatic heterocycles. The highest BCUT2D eigenvalue weighted by Gasteiger charge is 2.16. The Kier molecular flexibility index (Phi) is 3.42. The fraction of sp³-hybridized carbons (Fsp3) is 0. The molecule has 0 aliphatic heterocycles. The summed E-state index contributed by atoms with van der Waals surface area (Å²) in [5, 5.41) is 6.21. The fourth-order valence-corrected chi connectivity index (χ4v) is 5.38. The van der Waals surface area contributed by atoms with Gasteiger partial charge in [-0.15, -0.1) is 11.3 Å². The molecule has 0 spiro atoms. The summed E-state index contributed by atoms with van der Waals surface area (Å²) in [6, 6.07) is 27.4. The Bertz CT molecular complexity index is 1520. The van der Waals surface area contributed by atoms with E-state index in [1.54, 1.807) is 0 Å². The molecule has 132 valence electrons. The maximum Gasteiger partial charge on any atom is 0.223 e. The number of benzene rings is 4. The summed E-state index contributed by atoms with van der Waals surface area (Å²) in [6.45, 7) is 0. The smallest absolute Gasteiger partial charge is 0.217 e. The molecule has 0 saturated heterocycles. The molecule has 4 heteroatoms. The Morgan fingerprint density at radius 2 is 1.46 bits per heavy atom. The van der Waals surface area contributed by atoms with Crippen molar-refractivity contribution >= 4 is 64.8 Å². The number of hydrogen-bond donors (Lipinski definition) is 0. The average molecular weight is 397 g/mol. The van der Waals surface area contributed by atoms with Crippen molar-refractivity contribution < 1.29 is 0 Å². The standard InChI is InChI=1S/C24H13ClN2S/c25-24-26-21(15-7-2-1-3-8-15)18-12-13-19-20(22(18)27-24)17-11-10-14-6-4-5-9-16(14)23(17)28-19/h1-13H. The van der Waals surface area contributed by atoms with Gasteiger partial charge in [0.15, 0.2) is 0 Å². The van der Waals surface area contributed by atoms with Crippen LogP contribution in [0.25, 0.3) is 53.1 Å². The second kappa shape index (κ2) is 5.99. The first kappa shape index (κ1) is 16.0. The van der Waals surface area contributed by atoms with Gasteiger partial charge in [0.2, 0.25) is 5.28 Å². The van der Waals surface area contributed by atoms with Gasteiger partial charge in [0.25, 0.3) is 0 Å². The van der Waals surface area contributed by atoms with Crippen LogP contribution in [0, 0.1) is 0 Å². The van der Waals surface area contributed by atoms with Gasteiger partial charge in [0.1, 0.15) is 0 Å². The molecule has 0 fully saturated rings. The number of hydrogen-bond acceptors (Lipinski definition) is 3. The van der Waals surface area contributed by atoms with E-state index in [9.17, 15) is 0 Å². The first-order chi connectivity index (χ1) is 13.8. The van der Waals surface area contributed by atoms with Crippen LogP contribution in [0.15, 0.2) is 78.9 Å². The summed E-state index contributed by atoms with van der Waals surface area (Å²) < 4.78 is 2.50. The lowest BCUT2D eigenvalue weighted by molar-refractivity contribution is 1.23. The van der Waals surface area contributed by atoms with Gasteiger partial charge in [-0.2, -0.15) is 0 Å². The first-order valence-corrected chi connectivity index (χ1v) is 10.2. The molecule has 0 radical (unpaired) electrons. The van der Waals surface area contributed by atoms with Gasteiger partial charge < -0.3 is 0 Å². The van der Waals surface area contributed by atoms with Gasteiger partial charge in [-0.1, -0.05) is 66.7 Å². The van der Waals surface area contributed by atoms with Gasteiger partial charge in [0, 0.05) is 31.1 Å². The summed E-state index contributed by atoms with van der Waals surface area (Å²) in [5.41, 5.74) is 2.83. The van der Waals surface area contributed by atoms with Crippen molar-refractivity contribution in [2.24, 2.45) is 0 Å². The van der Waals surface area contributed by atoms with Crippen molar-refractivity contribution in [2.45, 2.75) is 0 Å². The number of fused-ring (bicyclic) bond motifs is 7. The molecule has 0 unspecified atom stereocenters. The van der Waals surface area contributed by atoms with Crippen LogP contribution in [0.1, 0.15) is 0 Å². The monoisotopic (exact) mass is 396 g/mol. The number of thiophene rings is 1. The number of halogens is 1. The SMILES string of the molecule is Clc1nc(-c2ccccc2)c2ccc3sc4c5ccccc5ccc4c3c2n1. The van der Waals surface area contributed by atoms with Crippen molar-refractivity contribution in [3.63, 3.8) is 0 Å². The highest BCUT2D eigenvalue weighted by Crippen LogP contribution is 2.42. The summed E-state index contributed by atoms with van der Waals surface area (Å²) in [5.74, 6) is 0. The normalized spacial score (nSPS) is 11.8. The molecule has 2 heterocycles. The predicted molar refractivity (Wildman–Crippen MR) is 120 cm³/mol. The molecule has 0 N–H and O–H groups in total. The van der Waals surface area contributed by atoms with E-state index < -0.39 is 0 Å². The highest BCUT2D eigenvalue weighted by molar-refractivity contribution is 7.26. The third-order valence-electron chi connectivity index (χ3n) is 5.21. The lowest BCUT2D eigenvalue weighted by Crippen LogP contribution is -1.91. The first-order valence-electron chi connectivity index (χ1n) is 9.05. The minimum atomic E-state index is 0.277. The Morgan fingerprint density at radius 3 is 2.36 bits per heavy atom. The van der Waals surface area contributed by atoms with Crippen LogP contribution in [0.4, 0.5) is 0 Å². The number of aromatic nitrogens is 2. The average Bonchev–Trinajstić information content (AvgIpc) is 3.13. The van der Waals surface area contributed by atoms with Gasteiger partial charge in [0.05, 0.1) is 11.2 Å². The van der Waals surface area contributed by atoms with Crippen molar-refractivity contribution in [3.8, 4) is 11.3 Å². The van der Waals surface area contributed by atoms with Crippen LogP contribution in [0.2, 0.25) is 5.28 Å². The zero-order chi connectivity index (χ0) is 18.7. The van der Waals surface area contributed by atoms with Crippen LogP contribution in [-0.4, -0.2) is 9.97 Å². The zero-order valence-corrected chi connectivity index (χ0v) is 16.3. The van der Waals surface area contributed by atoms with E-state index >= 15 is 0 Å². The maximum atomic E-state index is 6.37. The van der Waals surface area contributed by atoms with Gasteiger partial charge in [-0.05, 0) is 34.5 Å². The molecule has 28 heavy (non-hydrogen) atoms. The molecule has 2 nitrogen and oxygen atoms in total. The van der Waals surface area contributed by atoms with Crippen molar-refractivity contribution in [1.29, 1.82) is 0 Å². The van der Waals surface area contributed by atoms with Gasteiger partial charge in [-0.3, -0.25) is 0 Å². The van der Waals surface area contributed by atoms with E-state index in [0.29, 0.717) is 0 Å². The molecule has 0 amide bonds. The van der Waals surface area contributed by atoms with Gasteiger partial charge in [-0.25, -0.2) is 9.97 Å². The molecule has 6 aromatic rings. The summed E-state index contributed by atoms with van der Waals surface area (Å²) >= 11 is 8.18. The molecule has 0 aliphatic rings. The van der Waals surface area contributed by atoms with Crippen LogP contribution >= 0.6 is 22.9 Å². The number of nitrogens with zero attached hydrogens (tertiary/aromatic N) is 2. The van der Waals surface area contributed by atoms with E-state index in [1.807, 2.05) is 29.5 Å². The number of rotatable bonds is 1. The maximum absolute atomic E-state index is 6.37. The summed E-state index contributed by atoms with van der Waals surface area (Å²) in [7, 11) is 0. The Hall–Kier alpha value is -3.01. The van der Waals surface area contributed by atoms with Crippen molar-refractivity contribution in [3.05, 3.63) is 84.1 Å². The summed E-state index contributed by atoms with van der Waals surface area (Å²) in [4.78, 5) is 9.20. The second-order valence-corrected chi connectivity index (χ2v) is 8.20. The van der Waals surface area contributed by atoms with E-state index in [-0.39, 0.29) is 5.28 Å². The van der Waals surface area contributed by atoms with Crippen LogP contribution < -0.4 is 0 Å². The molecule has 6 rings (SSSR count). The van der Waals surface area contributed by atoms with E-state index in [4.69, 9.17) is 11.6 Å². The molecule has 4 aromatic carbocycles. The third kappa shape index (κ3) is 2.27. The third-order valence-corrected chi connectivity index (χ3v) is 6.58. The lowest BCUT2D eigenvalue weighted by atomic mass is 10.0. The predicted octanol–water partition coefficient (Wildman–Crippen LogP) is 7.47. The topological polar surface area (TPSA) is 25.8 Å². The van der Waals surface area contributed by atoms with Crippen LogP contribution in [0.5, 0.6) is 0 Å². The molecular weight excluding hydrogens is 384 g/mol. The zero-order valence-electron chi connectivity index (χ0n) is 14.7. The summed E-state index contributed by atoms with van der Waals surface area (Å²) in [6.07, 6.45) is 0. The molecule has 0 saturated carbocycles. The van der Waals surface area contributed by atoms with E-state index in [1.165, 1.54) is 25.6 Å². The van der Waals surface area contributed by atoms with Crippen molar-refractivity contribution in [1.82, 2.24) is 9.97 Å². The highest BCUT2D eigenvalue weighted by atomic mass is 35.5. The fourth-order valence-electron chi connectivity index (χ4n) is 3.97. The van der Waals surface area contributed by atoms with Crippen molar-refractivity contribution in [2.75, 3.05) is 0 Å². The quantitative estimate of drug-likeness (QED) is 0.269. The molecule has 0 atom stereocenters. The largest absolute Gasteiger partial charge is 0.223 e. The van der Waals surface area contributed by atoms with Crippen LogP contribution in [-0.2, 0) is 0 Å². The van der Waals surface area contributed by atoms with E-state index in [2.05, 4.69) is 70.6 Å². The minimum Gasteiger partial charge on any atom is -0.217 e.